The van der Waals surface area contributed by atoms with Gasteiger partial charge >= 0.3 is 6.09 Å². The predicted octanol–water partition coefficient (Wildman–Crippen LogP) is 3.25. The summed E-state index contributed by atoms with van der Waals surface area (Å²) in [5.74, 6) is -0.0759. The van der Waals surface area contributed by atoms with E-state index in [2.05, 4.69) is 10.6 Å². The number of rotatable bonds is 3. The van der Waals surface area contributed by atoms with E-state index in [4.69, 9.17) is 4.74 Å². The highest BCUT2D eigenvalue weighted by atomic mass is 16.6. The lowest BCUT2D eigenvalue weighted by Gasteiger charge is -2.48. The first-order chi connectivity index (χ1) is 12.2. The molecule has 26 heavy (non-hydrogen) atoms. The van der Waals surface area contributed by atoms with Crippen molar-refractivity contribution in [2.24, 2.45) is 5.41 Å². The van der Waals surface area contributed by atoms with Gasteiger partial charge in [-0.15, -0.1) is 0 Å². The van der Waals surface area contributed by atoms with Crippen LogP contribution >= 0.6 is 0 Å². The molecule has 1 unspecified atom stereocenters. The van der Waals surface area contributed by atoms with Gasteiger partial charge in [0.1, 0.15) is 5.60 Å². The fourth-order valence-electron chi connectivity index (χ4n) is 3.93. The van der Waals surface area contributed by atoms with Crippen LogP contribution < -0.4 is 10.6 Å². The second-order valence-electron chi connectivity index (χ2n) is 8.58. The van der Waals surface area contributed by atoms with Crippen molar-refractivity contribution in [3.05, 3.63) is 29.8 Å². The Bertz CT molecular complexity index is 673. The van der Waals surface area contributed by atoms with Gasteiger partial charge in [-0.1, -0.05) is 0 Å². The molecule has 2 amide bonds. The zero-order valence-electron chi connectivity index (χ0n) is 16.1. The van der Waals surface area contributed by atoms with Crippen molar-refractivity contribution in [1.82, 2.24) is 10.2 Å². The van der Waals surface area contributed by atoms with Gasteiger partial charge in [-0.05, 0) is 64.3 Å². The molecule has 2 aliphatic rings. The summed E-state index contributed by atoms with van der Waals surface area (Å²) in [5, 5.41) is 6.19. The molecular formula is C20H29N3O3. The summed E-state index contributed by atoms with van der Waals surface area (Å²) in [6.07, 6.45) is 3.08. The fourth-order valence-corrected chi connectivity index (χ4v) is 3.93. The summed E-state index contributed by atoms with van der Waals surface area (Å²) in [6, 6.07) is 7.97. The molecule has 1 aliphatic carbocycles. The molecule has 2 N–H and O–H groups in total. The number of anilines is 1. The maximum Gasteiger partial charge on any atom is 0.410 e. The third-order valence-corrected chi connectivity index (χ3v) is 5.15. The van der Waals surface area contributed by atoms with Crippen molar-refractivity contribution < 1.29 is 14.3 Å². The largest absolute Gasteiger partial charge is 0.444 e. The molecule has 6 heteroatoms. The Morgan fingerprint density at radius 1 is 1.19 bits per heavy atom. The highest BCUT2D eigenvalue weighted by Crippen LogP contribution is 2.46. The van der Waals surface area contributed by atoms with Gasteiger partial charge in [-0.25, -0.2) is 4.79 Å². The number of amides is 2. The summed E-state index contributed by atoms with van der Waals surface area (Å²) >= 11 is 0. The maximum absolute atomic E-state index is 12.1. The van der Waals surface area contributed by atoms with E-state index in [1.165, 1.54) is 0 Å². The van der Waals surface area contributed by atoms with Gasteiger partial charge < -0.3 is 20.3 Å². The van der Waals surface area contributed by atoms with Gasteiger partial charge in [0.15, 0.2) is 0 Å². The van der Waals surface area contributed by atoms with Crippen LogP contribution in [0.5, 0.6) is 0 Å². The molecule has 0 aromatic heterocycles. The molecule has 0 radical (unpaired) electrons. The van der Waals surface area contributed by atoms with E-state index in [0.29, 0.717) is 11.6 Å². The van der Waals surface area contributed by atoms with E-state index in [0.717, 1.165) is 38.0 Å². The number of hydrogen-bond donors (Lipinski definition) is 2. The van der Waals surface area contributed by atoms with Gasteiger partial charge in [0.2, 0.25) is 0 Å². The SMILES string of the molecule is CNC(=O)c1ccc(NC2CCC3(C2)CN(C(=O)OC(C)(C)C)C3)cc1. The van der Waals surface area contributed by atoms with Crippen molar-refractivity contribution >= 4 is 17.7 Å². The Kier molecular flexibility index (Phi) is 4.86. The first-order valence-corrected chi connectivity index (χ1v) is 9.26. The van der Waals surface area contributed by atoms with E-state index in [-0.39, 0.29) is 17.4 Å². The van der Waals surface area contributed by atoms with Gasteiger partial charge in [-0.2, -0.15) is 0 Å². The van der Waals surface area contributed by atoms with E-state index < -0.39 is 5.60 Å². The molecule has 1 heterocycles. The number of hydrogen-bond acceptors (Lipinski definition) is 4. The van der Waals surface area contributed by atoms with Crippen LogP contribution in [0.15, 0.2) is 24.3 Å². The summed E-state index contributed by atoms with van der Waals surface area (Å²) in [7, 11) is 1.63. The molecule has 1 saturated carbocycles. The number of carbonyl (C=O) groups excluding carboxylic acids is 2. The molecule has 3 rings (SSSR count). The molecule has 1 aromatic carbocycles. The molecule has 1 atom stereocenters. The van der Waals surface area contributed by atoms with Crippen LogP contribution in [0.4, 0.5) is 10.5 Å². The topological polar surface area (TPSA) is 70.7 Å². The molecule has 1 aliphatic heterocycles. The molecular weight excluding hydrogens is 330 g/mol. The fraction of sp³-hybridized carbons (Fsp3) is 0.600. The van der Waals surface area contributed by atoms with E-state index in [9.17, 15) is 9.59 Å². The number of nitrogens with zero attached hydrogens (tertiary/aromatic N) is 1. The van der Waals surface area contributed by atoms with Gasteiger partial charge in [-0.3, -0.25) is 4.79 Å². The van der Waals surface area contributed by atoms with Crippen LogP contribution in [-0.2, 0) is 4.74 Å². The zero-order valence-corrected chi connectivity index (χ0v) is 16.1. The Balaban J connectivity index is 1.49. The zero-order chi connectivity index (χ0) is 18.9. The summed E-state index contributed by atoms with van der Waals surface area (Å²) in [5.41, 5.74) is 1.48. The average Bonchev–Trinajstić information content (AvgIpc) is 2.96. The van der Waals surface area contributed by atoms with Gasteiger partial charge in [0.05, 0.1) is 0 Å². The highest BCUT2D eigenvalue weighted by Gasteiger charge is 2.50. The van der Waals surface area contributed by atoms with E-state index in [1.54, 1.807) is 7.05 Å². The van der Waals surface area contributed by atoms with Crippen molar-refractivity contribution in [3.8, 4) is 0 Å². The van der Waals surface area contributed by atoms with Crippen LogP contribution in [0, 0.1) is 5.41 Å². The minimum absolute atomic E-state index is 0.0759. The summed E-state index contributed by atoms with van der Waals surface area (Å²) in [6.45, 7) is 7.26. The minimum Gasteiger partial charge on any atom is -0.444 e. The number of benzene rings is 1. The Labute approximate surface area is 155 Å². The van der Waals surface area contributed by atoms with Crippen molar-refractivity contribution in [1.29, 1.82) is 0 Å². The third-order valence-electron chi connectivity index (χ3n) is 5.15. The lowest BCUT2D eigenvalue weighted by Crippen LogP contribution is -2.58. The number of nitrogens with one attached hydrogen (secondary N) is 2. The van der Waals surface area contributed by atoms with Crippen LogP contribution in [0.25, 0.3) is 0 Å². The van der Waals surface area contributed by atoms with Crippen LogP contribution in [-0.4, -0.2) is 48.7 Å². The second kappa shape index (κ2) is 6.82. The normalized spacial score (nSPS) is 21.2. The number of ether oxygens (including phenoxy) is 1. The Morgan fingerprint density at radius 2 is 1.85 bits per heavy atom. The molecule has 142 valence electrons. The van der Waals surface area contributed by atoms with Crippen molar-refractivity contribution in [2.45, 2.75) is 51.7 Å². The van der Waals surface area contributed by atoms with Gasteiger partial charge in [0, 0.05) is 42.8 Å². The quantitative estimate of drug-likeness (QED) is 0.869. The molecule has 1 aromatic rings. The van der Waals surface area contributed by atoms with Crippen LogP contribution in [0.3, 0.4) is 0 Å². The van der Waals surface area contributed by atoms with E-state index in [1.807, 2.05) is 49.9 Å². The predicted molar refractivity (Wildman–Crippen MR) is 101 cm³/mol. The lowest BCUT2D eigenvalue weighted by molar-refractivity contribution is -0.0321. The second-order valence-corrected chi connectivity index (χ2v) is 8.58. The monoisotopic (exact) mass is 359 g/mol. The summed E-state index contributed by atoms with van der Waals surface area (Å²) in [4.78, 5) is 25.5. The smallest absolute Gasteiger partial charge is 0.410 e. The summed E-state index contributed by atoms with van der Waals surface area (Å²) < 4.78 is 5.45. The standard InChI is InChI=1S/C20H29N3O3/c1-19(2,3)26-18(25)23-12-20(13-23)10-9-16(11-20)22-15-7-5-14(6-8-15)17(24)21-4/h5-8,16,22H,9-13H2,1-4H3,(H,21,24). The molecule has 6 nitrogen and oxygen atoms in total. The molecule has 0 bridgehead atoms. The Hall–Kier alpha value is -2.24. The first-order valence-electron chi connectivity index (χ1n) is 9.26. The lowest BCUT2D eigenvalue weighted by atomic mass is 9.78. The maximum atomic E-state index is 12.1. The Morgan fingerprint density at radius 3 is 2.42 bits per heavy atom. The van der Waals surface area contributed by atoms with Gasteiger partial charge in [0.25, 0.3) is 5.91 Å². The highest BCUT2D eigenvalue weighted by molar-refractivity contribution is 5.94. The third kappa shape index (κ3) is 4.11. The molecule has 1 spiro atoms. The number of carbonyl (C=O) groups is 2. The first kappa shape index (κ1) is 18.5. The molecule has 1 saturated heterocycles. The van der Waals surface area contributed by atoms with Crippen LogP contribution in [0.1, 0.15) is 50.4 Å². The van der Waals surface area contributed by atoms with Crippen molar-refractivity contribution in [3.63, 3.8) is 0 Å². The molecule has 2 fully saturated rings. The average molecular weight is 359 g/mol. The van der Waals surface area contributed by atoms with E-state index >= 15 is 0 Å². The van der Waals surface area contributed by atoms with Crippen LogP contribution in [0.2, 0.25) is 0 Å². The number of likely N-dealkylation sites (tertiary alicyclic amines) is 1. The van der Waals surface area contributed by atoms with Crippen molar-refractivity contribution in [2.75, 3.05) is 25.5 Å². The minimum atomic E-state index is -0.444.